The van der Waals surface area contributed by atoms with E-state index in [1.165, 1.54) is 10.8 Å². The van der Waals surface area contributed by atoms with Crippen molar-refractivity contribution >= 4 is 39.2 Å². The molecule has 17 heavy (non-hydrogen) atoms. The maximum Gasteiger partial charge on any atom is 0.0709 e. The van der Waals surface area contributed by atoms with Crippen molar-refractivity contribution in [1.29, 1.82) is 5.41 Å². The molecule has 3 heteroatoms. The monoisotopic (exact) mass is 238 g/mol. The van der Waals surface area contributed by atoms with Gasteiger partial charge in [0.15, 0.2) is 0 Å². The van der Waals surface area contributed by atoms with Gasteiger partial charge in [-0.05, 0) is 30.4 Å². The first-order chi connectivity index (χ1) is 8.35. The van der Waals surface area contributed by atoms with E-state index in [-0.39, 0.29) is 0 Å². The summed E-state index contributed by atoms with van der Waals surface area (Å²) in [5, 5.41) is 9.76. The Morgan fingerprint density at radius 2 is 1.29 bits per heavy atom. The third-order valence-electron chi connectivity index (χ3n) is 2.43. The van der Waals surface area contributed by atoms with Crippen molar-refractivity contribution in [2.75, 3.05) is 0 Å². The van der Waals surface area contributed by atoms with Gasteiger partial charge in [-0.1, -0.05) is 36.4 Å². The Balaban J connectivity index is 0.000000329. The number of thiocarbonyl (C=S) groups is 1. The highest BCUT2D eigenvalue weighted by molar-refractivity contribution is 7.78. The number of para-hydroxylation sites is 2. The van der Waals surface area contributed by atoms with Crippen molar-refractivity contribution < 1.29 is 0 Å². The number of hydrogen-bond acceptors (Lipinski definition) is 3. The van der Waals surface area contributed by atoms with Crippen LogP contribution in [0.5, 0.6) is 0 Å². The molecule has 0 saturated carbocycles. The van der Waals surface area contributed by atoms with E-state index in [0.717, 1.165) is 11.0 Å². The molecule has 0 saturated heterocycles. The SMILES string of the molecule is N=C=S.c1ccc2nc3ccccc3cc2c1. The smallest absolute Gasteiger partial charge is 0.0709 e. The third-order valence-corrected chi connectivity index (χ3v) is 2.43. The highest BCUT2D eigenvalue weighted by Crippen LogP contribution is 2.18. The molecule has 3 rings (SSSR count). The number of nitrogens with one attached hydrogen (secondary N) is 1. The van der Waals surface area contributed by atoms with E-state index in [9.17, 15) is 0 Å². The summed E-state index contributed by atoms with van der Waals surface area (Å²) in [6.07, 6.45) is 0. The van der Waals surface area contributed by atoms with Gasteiger partial charge in [0.1, 0.15) is 0 Å². The molecule has 0 bridgehead atoms. The predicted octanol–water partition coefficient (Wildman–Crippen LogP) is 4.06. The van der Waals surface area contributed by atoms with Crippen molar-refractivity contribution in [3.63, 3.8) is 0 Å². The second-order valence-corrected chi connectivity index (χ2v) is 3.68. The summed E-state index contributed by atoms with van der Waals surface area (Å²) in [4.78, 5) is 4.58. The summed E-state index contributed by atoms with van der Waals surface area (Å²) in [7, 11) is 0. The zero-order chi connectivity index (χ0) is 12.1. The average Bonchev–Trinajstić information content (AvgIpc) is 2.37. The van der Waals surface area contributed by atoms with Crippen LogP contribution in [0.3, 0.4) is 0 Å². The molecule has 82 valence electrons. The lowest BCUT2D eigenvalue weighted by Gasteiger charge is -1.99. The number of nitrogens with zero attached hydrogens (tertiary/aromatic N) is 1. The van der Waals surface area contributed by atoms with Crippen molar-refractivity contribution in [3.05, 3.63) is 54.6 Å². The molecular formula is C14H10N2S. The molecule has 0 fully saturated rings. The Labute approximate surface area is 104 Å². The molecule has 0 unspecified atom stereocenters. The van der Waals surface area contributed by atoms with Gasteiger partial charge in [-0.25, -0.2) is 10.4 Å². The molecule has 2 aromatic carbocycles. The van der Waals surface area contributed by atoms with E-state index in [0.29, 0.717) is 0 Å². The van der Waals surface area contributed by atoms with Crippen LogP contribution in [0.15, 0.2) is 54.6 Å². The van der Waals surface area contributed by atoms with E-state index in [1.54, 1.807) is 5.16 Å². The van der Waals surface area contributed by atoms with Crippen LogP contribution in [0.1, 0.15) is 0 Å². The van der Waals surface area contributed by atoms with E-state index in [4.69, 9.17) is 5.41 Å². The standard InChI is InChI=1S/C13H9N.CHNS/c1-3-7-12-10(5-1)9-11-6-2-4-8-13(11)14-12;2-1-3/h1-9H;2H. The van der Waals surface area contributed by atoms with Gasteiger partial charge in [0, 0.05) is 10.8 Å². The van der Waals surface area contributed by atoms with E-state index in [2.05, 4.69) is 35.4 Å². The van der Waals surface area contributed by atoms with Gasteiger partial charge in [-0.15, -0.1) is 0 Å². The number of isothiocyanates is 1. The number of pyridine rings is 1. The van der Waals surface area contributed by atoms with Gasteiger partial charge >= 0.3 is 0 Å². The summed E-state index contributed by atoms with van der Waals surface area (Å²) in [5.74, 6) is 0. The number of rotatable bonds is 0. The van der Waals surface area contributed by atoms with Gasteiger partial charge in [0.2, 0.25) is 0 Å². The summed E-state index contributed by atoms with van der Waals surface area (Å²) in [6.45, 7) is 0. The molecule has 0 aliphatic carbocycles. The third kappa shape index (κ3) is 2.53. The molecule has 0 spiro atoms. The van der Waals surface area contributed by atoms with Crippen molar-refractivity contribution in [1.82, 2.24) is 4.98 Å². The summed E-state index contributed by atoms with van der Waals surface area (Å²) < 4.78 is 0. The minimum absolute atomic E-state index is 1.06. The van der Waals surface area contributed by atoms with Crippen LogP contribution in [0.4, 0.5) is 0 Å². The first-order valence-corrected chi connectivity index (χ1v) is 5.54. The molecule has 0 aliphatic heterocycles. The fourth-order valence-corrected chi connectivity index (χ4v) is 1.72. The van der Waals surface area contributed by atoms with Crippen LogP contribution < -0.4 is 0 Å². The second kappa shape index (κ2) is 5.30. The normalized spacial score (nSPS) is 9.41. The molecule has 1 heterocycles. The fraction of sp³-hybridized carbons (Fsp3) is 0. The maximum atomic E-state index is 5.77. The lowest BCUT2D eigenvalue weighted by atomic mass is 10.1. The van der Waals surface area contributed by atoms with Crippen LogP contribution in [-0.4, -0.2) is 10.1 Å². The van der Waals surface area contributed by atoms with E-state index < -0.39 is 0 Å². The molecule has 0 aliphatic rings. The first kappa shape index (κ1) is 11.4. The van der Waals surface area contributed by atoms with E-state index >= 15 is 0 Å². The molecule has 1 N–H and O–H groups in total. The van der Waals surface area contributed by atoms with Gasteiger partial charge in [0.25, 0.3) is 0 Å². The topological polar surface area (TPSA) is 36.7 Å². The van der Waals surface area contributed by atoms with Crippen LogP contribution in [0.2, 0.25) is 0 Å². The summed E-state index contributed by atoms with van der Waals surface area (Å²) in [6, 6.07) is 18.6. The van der Waals surface area contributed by atoms with Crippen LogP contribution in [-0.2, 0) is 0 Å². The molecular weight excluding hydrogens is 228 g/mol. The predicted molar refractivity (Wildman–Crippen MR) is 74.6 cm³/mol. The summed E-state index contributed by atoms with van der Waals surface area (Å²) >= 11 is 3.81. The fourth-order valence-electron chi connectivity index (χ4n) is 1.72. The van der Waals surface area contributed by atoms with Crippen molar-refractivity contribution in [3.8, 4) is 0 Å². The highest BCUT2D eigenvalue weighted by Gasteiger charge is 1.96. The zero-order valence-electron chi connectivity index (χ0n) is 9.05. The first-order valence-electron chi connectivity index (χ1n) is 5.13. The number of fused-ring (bicyclic) bond motifs is 2. The largest absolute Gasteiger partial charge is 0.248 e. The molecule has 2 nitrogen and oxygen atoms in total. The molecule has 3 aromatic rings. The van der Waals surface area contributed by atoms with Crippen molar-refractivity contribution in [2.24, 2.45) is 0 Å². The van der Waals surface area contributed by atoms with Gasteiger partial charge in [-0.3, -0.25) is 0 Å². The Morgan fingerprint density at radius 3 is 1.76 bits per heavy atom. The molecule has 0 amide bonds. The Hall–Kier alpha value is -2.09. The lowest BCUT2D eigenvalue weighted by molar-refractivity contribution is 1.50. The minimum atomic E-state index is 1.06. The number of benzene rings is 2. The lowest BCUT2D eigenvalue weighted by Crippen LogP contribution is -1.80. The van der Waals surface area contributed by atoms with Crippen LogP contribution in [0.25, 0.3) is 21.8 Å². The Kier molecular flexibility index (Phi) is 3.55. The van der Waals surface area contributed by atoms with Crippen molar-refractivity contribution in [2.45, 2.75) is 0 Å². The second-order valence-electron chi connectivity index (χ2n) is 3.48. The number of hydrogen-bond donors (Lipinski definition) is 1. The quantitative estimate of drug-likeness (QED) is 0.364. The summed E-state index contributed by atoms with van der Waals surface area (Å²) in [5.41, 5.74) is 2.12. The molecule has 0 atom stereocenters. The maximum absolute atomic E-state index is 5.77. The number of aromatic nitrogens is 1. The van der Waals surface area contributed by atoms with Gasteiger partial charge in [0.05, 0.1) is 16.2 Å². The average molecular weight is 238 g/mol. The van der Waals surface area contributed by atoms with Gasteiger partial charge < -0.3 is 0 Å². The molecule has 1 aromatic heterocycles. The van der Waals surface area contributed by atoms with Crippen LogP contribution in [0, 0.1) is 5.41 Å². The Morgan fingerprint density at radius 1 is 0.882 bits per heavy atom. The van der Waals surface area contributed by atoms with Gasteiger partial charge in [-0.2, -0.15) is 0 Å². The Bertz CT molecular complexity index is 581. The molecule has 0 radical (unpaired) electrons. The van der Waals surface area contributed by atoms with E-state index in [1.807, 2.05) is 36.4 Å². The zero-order valence-corrected chi connectivity index (χ0v) is 9.87. The van der Waals surface area contributed by atoms with Crippen LogP contribution >= 0.6 is 12.2 Å². The minimum Gasteiger partial charge on any atom is -0.248 e. The highest BCUT2D eigenvalue weighted by atomic mass is 32.1.